The maximum atomic E-state index is 12.3. The van der Waals surface area contributed by atoms with Crippen LogP contribution in [0.3, 0.4) is 0 Å². The first-order chi connectivity index (χ1) is 15.1. The molecule has 0 unspecified atom stereocenters. The number of carbonyl (C=O) groups is 2. The van der Waals surface area contributed by atoms with Gasteiger partial charge in [0, 0.05) is 29.8 Å². The van der Waals surface area contributed by atoms with Gasteiger partial charge in [-0.15, -0.1) is 0 Å². The quantitative estimate of drug-likeness (QED) is 0.495. The molecule has 1 heterocycles. The third-order valence-corrected chi connectivity index (χ3v) is 4.84. The second-order valence-electron chi connectivity index (χ2n) is 7.24. The zero-order valence-electron chi connectivity index (χ0n) is 17.1. The minimum Gasteiger partial charge on any atom is -0.352 e. The van der Waals surface area contributed by atoms with Crippen LogP contribution in [0.15, 0.2) is 79.0 Å². The molecular weight excluding hydrogens is 388 g/mol. The van der Waals surface area contributed by atoms with Crippen molar-refractivity contribution >= 4 is 28.5 Å². The van der Waals surface area contributed by atoms with Gasteiger partial charge < -0.3 is 10.6 Å². The van der Waals surface area contributed by atoms with Crippen LogP contribution < -0.4 is 10.6 Å². The zero-order chi connectivity index (χ0) is 21.6. The number of nitrogens with one attached hydrogen (secondary N) is 2. The summed E-state index contributed by atoms with van der Waals surface area (Å²) in [4.78, 5) is 33.5. The number of hydrogen-bond acceptors (Lipinski definition) is 4. The van der Waals surface area contributed by atoms with Gasteiger partial charge in [-0.05, 0) is 43.3 Å². The van der Waals surface area contributed by atoms with E-state index in [1.807, 2.05) is 67.6 Å². The molecule has 0 atom stereocenters. The first-order valence-corrected chi connectivity index (χ1v) is 10.1. The summed E-state index contributed by atoms with van der Waals surface area (Å²) >= 11 is 0. The Balaban J connectivity index is 1.35. The largest absolute Gasteiger partial charge is 0.352 e. The molecular formula is C25H22N4O2. The summed E-state index contributed by atoms with van der Waals surface area (Å²) in [6.07, 6.45) is 1.90. The summed E-state index contributed by atoms with van der Waals surface area (Å²) in [5.41, 5.74) is 5.59. The van der Waals surface area contributed by atoms with E-state index in [0.717, 1.165) is 27.9 Å². The molecule has 4 aromatic rings. The van der Waals surface area contributed by atoms with E-state index >= 15 is 0 Å². The number of aryl methyl sites for hydroxylation is 1. The lowest BCUT2D eigenvalue weighted by atomic mass is 10.1. The van der Waals surface area contributed by atoms with Gasteiger partial charge in [-0.2, -0.15) is 0 Å². The molecule has 31 heavy (non-hydrogen) atoms. The molecule has 2 amide bonds. The van der Waals surface area contributed by atoms with Gasteiger partial charge in [0.05, 0.1) is 22.9 Å². The van der Waals surface area contributed by atoms with Crippen molar-refractivity contribution in [3.05, 3.63) is 90.1 Å². The molecule has 6 heteroatoms. The fourth-order valence-electron chi connectivity index (χ4n) is 3.17. The molecule has 0 aliphatic carbocycles. The number of para-hydroxylation sites is 2. The van der Waals surface area contributed by atoms with Gasteiger partial charge in [0.25, 0.3) is 5.91 Å². The average Bonchev–Trinajstić information content (AvgIpc) is 2.79. The monoisotopic (exact) mass is 410 g/mol. The van der Waals surface area contributed by atoms with Crippen LogP contribution in [0.25, 0.3) is 22.3 Å². The summed E-state index contributed by atoms with van der Waals surface area (Å²) in [5, 5.41) is 5.64. The number of hydrogen-bond donors (Lipinski definition) is 2. The number of anilines is 1. The van der Waals surface area contributed by atoms with Crippen LogP contribution >= 0.6 is 0 Å². The Hall–Kier alpha value is -4.06. The molecule has 0 saturated carbocycles. The number of benzene rings is 3. The van der Waals surface area contributed by atoms with E-state index in [2.05, 4.69) is 20.6 Å². The highest BCUT2D eigenvalue weighted by molar-refractivity contribution is 5.95. The summed E-state index contributed by atoms with van der Waals surface area (Å²) in [7, 11) is 0. The fraction of sp³-hybridized carbons (Fsp3) is 0.120. The van der Waals surface area contributed by atoms with Gasteiger partial charge in [-0.1, -0.05) is 42.0 Å². The third kappa shape index (κ3) is 5.11. The third-order valence-electron chi connectivity index (χ3n) is 4.84. The predicted molar refractivity (Wildman–Crippen MR) is 122 cm³/mol. The second kappa shape index (κ2) is 9.17. The normalized spacial score (nSPS) is 10.6. The Morgan fingerprint density at radius 3 is 2.48 bits per heavy atom. The fourth-order valence-corrected chi connectivity index (χ4v) is 3.17. The Bertz CT molecular complexity index is 1240. The number of fused-ring (bicyclic) bond motifs is 1. The minimum atomic E-state index is -0.190. The van der Waals surface area contributed by atoms with Crippen molar-refractivity contribution < 1.29 is 9.59 Å². The van der Waals surface area contributed by atoms with Crippen molar-refractivity contribution in [3.8, 4) is 11.3 Å². The average molecular weight is 410 g/mol. The zero-order valence-corrected chi connectivity index (χ0v) is 17.1. The molecule has 154 valence electrons. The Morgan fingerprint density at radius 2 is 1.68 bits per heavy atom. The molecule has 3 aromatic carbocycles. The van der Waals surface area contributed by atoms with Gasteiger partial charge in [-0.25, -0.2) is 4.98 Å². The van der Waals surface area contributed by atoms with Gasteiger partial charge in [0.1, 0.15) is 0 Å². The van der Waals surface area contributed by atoms with Crippen LogP contribution in [0, 0.1) is 6.92 Å². The van der Waals surface area contributed by atoms with E-state index in [1.54, 1.807) is 18.3 Å². The van der Waals surface area contributed by atoms with Crippen molar-refractivity contribution in [1.82, 2.24) is 15.3 Å². The Labute approximate surface area is 180 Å². The van der Waals surface area contributed by atoms with Crippen molar-refractivity contribution in [2.24, 2.45) is 0 Å². The summed E-state index contributed by atoms with van der Waals surface area (Å²) in [6, 6.07) is 22.5. The highest BCUT2D eigenvalue weighted by atomic mass is 16.2. The van der Waals surface area contributed by atoms with Gasteiger partial charge in [-0.3, -0.25) is 14.6 Å². The number of carbonyl (C=O) groups excluding carboxylic acids is 2. The highest BCUT2D eigenvalue weighted by Gasteiger charge is 2.08. The first-order valence-electron chi connectivity index (χ1n) is 10.1. The van der Waals surface area contributed by atoms with E-state index in [4.69, 9.17) is 0 Å². The standard InChI is InChI=1S/C25H22N4O2/c1-17-9-11-18(12-10-17)25(31)26-14-13-24(30)28-20-6-4-5-19(15-20)23-16-27-21-7-2-3-8-22(21)29-23/h2-12,15-16H,13-14H2,1H3,(H,26,31)(H,28,30). The number of amides is 2. The van der Waals surface area contributed by atoms with Crippen LogP contribution in [-0.2, 0) is 4.79 Å². The summed E-state index contributed by atoms with van der Waals surface area (Å²) < 4.78 is 0. The lowest BCUT2D eigenvalue weighted by Crippen LogP contribution is -2.27. The van der Waals surface area contributed by atoms with Gasteiger partial charge in [0.15, 0.2) is 0 Å². The van der Waals surface area contributed by atoms with Crippen LogP contribution in [0.1, 0.15) is 22.3 Å². The topological polar surface area (TPSA) is 84.0 Å². The smallest absolute Gasteiger partial charge is 0.251 e. The molecule has 6 nitrogen and oxygen atoms in total. The van der Waals surface area contributed by atoms with E-state index < -0.39 is 0 Å². The predicted octanol–water partition coefficient (Wildman–Crippen LogP) is 4.36. The molecule has 2 N–H and O–H groups in total. The van der Waals surface area contributed by atoms with Crippen LogP contribution in [0.4, 0.5) is 5.69 Å². The molecule has 0 spiro atoms. The van der Waals surface area contributed by atoms with E-state index in [9.17, 15) is 9.59 Å². The lowest BCUT2D eigenvalue weighted by molar-refractivity contribution is -0.116. The Morgan fingerprint density at radius 1 is 0.903 bits per heavy atom. The van der Waals surface area contributed by atoms with E-state index in [-0.39, 0.29) is 24.8 Å². The van der Waals surface area contributed by atoms with E-state index in [0.29, 0.717) is 11.3 Å². The molecule has 1 aromatic heterocycles. The SMILES string of the molecule is Cc1ccc(C(=O)NCCC(=O)Nc2cccc(-c3cnc4ccccc4n3)c2)cc1. The summed E-state index contributed by atoms with van der Waals surface area (Å²) in [5.74, 6) is -0.365. The lowest BCUT2D eigenvalue weighted by Gasteiger charge is -2.09. The van der Waals surface area contributed by atoms with Crippen LogP contribution in [0.5, 0.6) is 0 Å². The summed E-state index contributed by atoms with van der Waals surface area (Å²) in [6.45, 7) is 2.22. The second-order valence-corrected chi connectivity index (χ2v) is 7.24. The maximum Gasteiger partial charge on any atom is 0.251 e. The number of rotatable bonds is 6. The molecule has 0 bridgehead atoms. The molecule has 0 aliphatic heterocycles. The van der Waals surface area contributed by atoms with Crippen LogP contribution in [-0.4, -0.2) is 28.3 Å². The van der Waals surface area contributed by atoms with Crippen molar-refractivity contribution in [3.63, 3.8) is 0 Å². The van der Waals surface area contributed by atoms with Crippen molar-refractivity contribution in [1.29, 1.82) is 0 Å². The van der Waals surface area contributed by atoms with E-state index in [1.165, 1.54) is 0 Å². The molecule has 0 saturated heterocycles. The van der Waals surface area contributed by atoms with Gasteiger partial charge >= 0.3 is 0 Å². The molecule has 4 rings (SSSR count). The molecule has 0 radical (unpaired) electrons. The highest BCUT2D eigenvalue weighted by Crippen LogP contribution is 2.22. The first kappa shape index (κ1) is 20.2. The molecule has 0 fully saturated rings. The minimum absolute atomic E-state index is 0.175. The number of nitrogens with zero attached hydrogens (tertiary/aromatic N) is 2. The van der Waals surface area contributed by atoms with Crippen molar-refractivity contribution in [2.75, 3.05) is 11.9 Å². The maximum absolute atomic E-state index is 12.3. The molecule has 0 aliphatic rings. The van der Waals surface area contributed by atoms with Gasteiger partial charge in [0.2, 0.25) is 5.91 Å². The number of aromatic nitrogens is 2. The Kier molecular flexibility index (Phi) is 5.98. The van der Waals surface area contributed by atoms with Crippen molar-refractivity contribution in [2.45, 2.75) is 13.3 Å². The van der Waals surface area contributed by atoms with Crippen LogP contribution in [0.2, 0.25) is 0 Å².